The number of carbonyl (C=O) groups is 2. The molecule has 5 heteroatoms. The molecule has 5 nitrogen and oxygen atoms in total. The van der Waals surface area contributed by atoms with Gasteiger partial charge in [-0.25, -0.2) is 0 Å². The van der Waals surface area contributed by atoms with Crippen molar-refractivity contribution in [1.29, 1.82) is 0 Å². The average Bonchev–Trinajstić information content (AvgIpc) is 3.12. The Morgan fingerprint density at radius 2 is 1.74 bits per heavy atom. The highest BCUT2D eigenvalue weighted by Gasteiger charge is 2.31. The van der Waals surface area contributed by atoms with Crippen LogP contribution < -0.4 is 5.32 Å². The normalized spacial score (nSPS) is 19.8. The second-order valence-corrected chi connectivity index (χ2v) is 7.46. The number of aromatic amines is 1. The molecule has 0 saturated heterocycles. The van der Waals surface area contributed by atoms with Gasteiger partial charge in [0.05, 0.1) is 0 Å². The maximum absolute atomic E-state index is 12.5. The van der Waals surface area contributed by atoms with Crippen LogP contribution in [0.25, 0.3) is 10.9 Å². The van der Waals surface area contributed by atoms with Crippen molar-refractivity contribution in [2.75, 3.05) is 19.6 Å². The third-order valence-electron chi connectivity index (χ3n) is 5.89. The molecule has 146 valence electrons. The standard InChI is InChI=1S/C22H31N3O2/c1-3-25(4-2)22(27)17-11-9-16(10-12-17)21(26)23-14-13-18-15-24-20-8-6-5-7-19(18)20/h5-8,15-17,24H,3-4,9-14H2,1-2H3,(H,23,26). The van der Waals surface area contributed by atoms with Gasteiger partial charge >= 0.3 is 0 Å². The topological polar surface area (TPSA) is 65.2 Å². The largest absolute Gasteiger partial charge is 0.361 e. The Hall–Kier alpha value is -2.30. The summed E-state index contributed by atoms with van der Waals surface area (Å²) in [4.78, 5) is 30.2. The van der Waals surface area contributed by atoms with E-state index in [1.807, 2.05) is 37.1 Å². The SMILES string of the molecule is CCN(CC)C(=O)C1CCC(C(=O)NCCc2c[nH]c3ccccc23)CC1. The van der Waals surface area contributed by atoms with Gasteiger partial charge in [-0.1, -0.05) is 18.2 Å². The fourth-order valence-corrected chi connectivity index (χ4v) is 4.20. The Balaban J connectivity index is 1.44. The molecule has 1 fully saturated rings. The van der Waals surface area contributed by atoms with Crippen LogP contribution in [-0.2, 0) is 16.0 Å². The lowest BCUT2D eigenvalue weighted by atomic mass is 9.81. The minimum Gasteiger partial charge on any atom is -0.361 e. The van der Waals surface area contributed by atoms with Gasteiger partial charge in [0.25, 0.3) is 0 Å². The van der Waals surface area contributed by atoms with Crippen molar-refractivity contribution in [3.05, 3.63) is 36.0 Å². The molecule has 0 spiro atoms. The molecule has 2 aromatic rings. The van der Waals surface area contributed by atoms with Gasteiger partial charge in [-0.3, -0.25) is 9.59 Å². The smallest absolute Gasteiger partial charge is 0.225 e. The minimum absolute atomic E-state index is 0.0497. The van der Waals surface area contributed by atoms with Gasteiger partial charge in [-0.15, -0.1) is 0 Å². The molecule has 27 heavy (non-hydrogen) atoms. The average molecular weight is 370 g/mol. The summed E-state index contributed by atoms with van der Waals surface area (Å²) in [6, 6.07) is 8.23. The van der Waals surface area contributed by atoms with Gasteiger partial charge in [0.1, 0.15) is 0 Å². The maximum Gasteiger partial charge on any atom is 0.225 e. The summed E-state index contributed by atoms with van der Waals surface area (Å²) in [7, 11) is 0. The zero-order valence-electron chi connectivity index (χ0n) is 16.5. The highest BCUT2D eigenvalue weighted by atomic mass is 16.2. The fourth-order valence-electron chi connectivity index (χ4n) is 4.20. The van der Waals surface area contributed by atoms with Crippen LogP contribution in [0, 0.1) is 11.8 Å². The van der Waals surface area contributed by atoms with E-state index in [0.29, 0.717) is 6.54 Å². The number of fused-ring (bicyclic) bond motifs is 1. The van der Waals surface area contributed by atoms with Crippen LogP contribution in [0.1, 0.15) is 45.1 Å². The Morgan fingerprint density at radius 3 is 2.44 bits per heavy atom. The van der Waals surface area contributed by atoms with Crippen LogP contribution in [-0.4, -0.2) is 41.3 Å². The van der Waals surface area contributed by atoms with Crippen molar-refractivity contribution in [2.45, 2.75) is 46.0 Å². The molecule has 1 aromatic carbocycles. The first-order valence-corrected chi connectivity index (χ1v) is 10.3. The van der Waals surface area contributed by atoms with Crippen molar-refractivity contribution in [3.63, 3.8) is 0 Å². The Bertz CT molecular complexity index is 771. The summed E-state index contributed by atoms with van der Waals surface area (Å²) in [5, 5.41) is 4.32. The third-order valence-corrected chi connectivity index (χ3v) is 5.89. The molecule has 1 aliphatic carbocycles. The Kier molecular flexibility index (Phi) is 6.54. The number of amides is 2. The molecule has 0 unspecified atom stereocenters. The first kappa shape index (κ1) is 19.5. The van der Waals surface area contributed by atoms with E-state index in [1.165, 1.54) is 10.9 Å². The van der Waals surface area contributed by atoms with Crippen LogP contribution in [0.3, 0.4) is 0 Å². The predicted molar refractivity (Wildman–Crippen MR) is 108 cm³/mol. The number of nitrogens with one attached hydrogen (secondary N) is 2. The molecule has 1 aliphatic rings. The Morgan fingerprint density at radius 1 is 1.07 bits per heavy atom. The summed E-state index contributed by atoms with van der Waals surface area (Å²) >= 11 is 0. The zero-order chi connectivity index (χ0) is 19.2. The molecular weight excluding hydrogens is 338 g/mol. The quantitative estimate of drug-likeness (QED) is 0.784. The molecule has 1 heterocycles. The van der Waals surface area contributed by atoms with E-state index < -0.39 is 0 Å². The van der Waals surface area contributed by atoms with Gasteiger partial charge in [0.15, 0.2) is 0 Å². The summed E-state index contributed by atoms with van der Waals surface area (Å²) in [6.45, 7) is 6.23. The molecule has 1 saturated carbocycles. The van der Waals surface area contributed by atoms with Crippen LogP contribution in [0.2, 0.25) is 0 Å². The van der Waals surface area contributed by atoms with E-state index in [2.05, 4.69) is 22.4 Å². The molecule has 0 bridgehead atoms. The third kappa shape index (κ3) is 4.52. The lowest BCUT2D eigenvalue weighted by Crippen LogP contribution is -2.40. The van der Waals surface area contributed by atoms with Crippen molar-refractivity contribution >= 4 is 22.7 Å². The number of H-pyrrole nitrogens is 1. The van der Waals surface area contributed by atoms with Gasteiger partial charge in [0.2, 0.25) is 11.8 Å². The van der Waals surface area contributed by atoms with Crippen LogP contribution >= 0.6 is 0 Å². The molecule has 3 rings (SSSR count). The molecule has 1 aromatic heterocycles. The number of aromatic nitrogens is 1. The molecule has 0 aliphatic heterocycles. The molecule has 0 radical (unpaired) electrons. The number of benzene rings is 1. The number of carbonyl (C=O) groups excluding carboxylic acids is 2. The van der Waals surface area contributed by atoms with Gasteiger partial charge in [0, 0.05) is 48.6 Å². The van der Waals surface area contributed by atoms with Crippen molar-refractivity contribution in [1.82, 2.24) is 15.2 Å². The maximum atomic E-state index is 12.5. The summed E-state index contributed by atoms with van der Waals surface area (Å²) in [6.07, 6.45) is 6.14. The van der Waals surface area contributed by atoms with Crippen molar-refractivity contribution in [2.24, 2.45) is 11.8 Å². The number of hydrogen-bond donors (Lipinski definition) is 2. The van der Waals surface area contributed by atoms with Crippen LogP contribution in [0.15, 0.2) is 30.5 Å². The minimum atomic E-state index is 0.0497. The summed E-state index contributed by atoms with van der Waals surface area (Å²) < 4.78 is 0. The van der Waals surface area contributed by atoms with Crippen LogP contribution in [0.5, 0.6) is 0 Å². The number of nitrogens with zero attached hydrogens (tertiary/aromatic N) is 1. The van der Waals surface area contributed by atoms with E-state index in [4.69, 9.17) is 0 Å². The van der Waals surface area contributed by atoms with Crippen molar-refractivity contribution in [3.8, 4) is 0 Å². The lowest BCUT2D eigenvalue weighted by molar-refractivity contribution is -0.138. The van der Waals surface area contributed by atoms with E-state index in [9.17, 15) is 9.59 Å². The van der Waals surface area contributed by atoms with E-state index in [-0.39, 0.29) is 23.7 Å². The fraction of sp³-hybridized carbons (Fsp3) is 0.545. The summed E-state index contributed by atoms with van der Waals surface area (Å²) in [5.74, 6) is 0.552. The first-order valence-electron chi connectivity index (χ1n) is 10.3. The highest BCUT2D eigenvalue weighted by molar-refractivity contribution is 5.83. The second-order valence-electron chi connectivity index (χ2n) is 7.46. The van der Waals surface area contributed by atoms with Crippen LogP contribution in [0.4, 0.5) is 0 Å². The Labute approximate surface area is 161 Å². The molecule has 0 atom stereocenters. The van der Waals surface area contributed by atoms with Gasteiger partial charge in [-0.2, -0.15) is 0 Å². The van der Waals surface area contributed by atoms with E-state index in [0.717, 1.165) is 50.7 Å². The lowest BCUT2D eigenvalue weighted by Gasteiger charge is -2.30. The predicted octanol–water partition coefficient (Wildman–Crippen LogP) is 3.50. The number of hydrogen-bond acceptors (Lipinski definition) is 2. The monoisotopic (exact) mass is 369 g/mol. The second kappa shape index (κ2) is 9.07. The molecule has 2 amide bonds. The zero-order valence-corrected chi connectivity index (χ0v) is 16.5. The molecule has 2 N–H and O–H groups in total. The van der Waals surface area contributed by atoms with Gasteiger partial charge < -0.3 is 15.2 Å². The van der Waals surface area contributed by atoms with Crippen molar-refractivity contribution < 1.29 is 9.59 Å². The molecular formula is C22H31N3O2. The van der Waals surface area contributed by atoms with E-state index >= 15 is 0 Å². The van der Waals surface area contributed by atoms with Gasteiger partial charge in [-0.05, 0) is 57.6 Å². The highest BCUT2D eigenvalue weighted by Crippen LogP contribution is 2.30. The number of para-hydroxylation sites is 1. The first-order chi connectivity index (χ1) is 13.1. The summed E-state index contributed by atoms with van der Waals surface area (Å²) in [5.41, 5.74) is 2.37. The number of rotatable bonds is 7. The van der Waals surface area contributed by atoms with E-state index in [1.54, 1.807) is 0 Å².